The van der Waals surface area contributed by atoms with E-state index in [2.05, 4.69) is 10.6 Å². The van der Waals surface area contributed by atoms with Crippen molar-refractivity contribution in [1.82, 2.24) is 5.32 Å². The molecule has 0 saturated carbocycles. The molecule has 3 rings (SSSR count). The summed E-state index contributed by atoms with van der Waals surface area (Å²) < 4.78 is 1.08. The first-order chi connectivity index (χ1) is 10.7. The van der Waals surface area contributed by atoms with Gasteiger partial charge in [-0.25, -0.2) is 4.79 Å². The van der Waals surface area contributed by atoms with Crippen LogP contribution in [0.25, 0.3) is 10.1 Å². The van der Waals surface area contributed by atoms with Crippen LogP contribution >= 0.6 is 11.3 Å². The number of benzene rings is 2. The Morgan fingerprint density at radius 2 is 1.91 bits per heavy atom. The Hall–Kier alpha value is -2.53. The lowest BCUT2D eigenvalue weighted by Crippen LogP contribution is -2.30. The average molecular weight is 312 g/mol. The Bertz CT molecular complexity index is 781. The van der Waals surface area contributed by atoms with Crippen LogP contribution in [0, 0.1) is 0 Å². The maximum Gasteiger partial charge on any atom is 0.319 e. The van der Waals surface area contributed by atoms with E-state index >= 15 is 0 Å². The Morgan fingerprint density at radius 3 is 2.73 bits per heavy atom. The first-order valence-electron chi connectivity index (χ1n) is 7.01. The number of urea groups is 1. The van der Waals surface area contributed by atoms with E-state index in [0.717, 1.165) is 27.8 Å². The minimum absolute atomic E-state index is 0.209. The van der Waals surface area contributed by atoms with Gasteiger partial charge in [0.1, 0.15) is 5.75 Å². The third-order valence-corrected chi connectivity index (χ3v) is 4.33. The Balaban J connectivity index is 1.54. The fraction of sp³-hybridized carbons (Fsp3) is 0.118. The number of aromatic hydroxyl groups is 1. The summed E-state index contributed by atoms with van der Waals surface area (Å²) >= 11 is 1.61. The molecule has 0 fully saturated rings. The molecular formula is C17H16N2O2S. The van der Waals surface area contributed by atoms with Gasteiger partial charge in [0.15, 0.2) is 0 Å². The zero-order valence-corrected chi connectivity index (χ0v) is 12.7. The number of carbonyl (C=O) groups excluding carboxylic acids is 1. The highest BCUT2D eigenvalue weighted by Crippen LogP contribution is 2.28. The quantitative estimate of drug-likeness (QED) is 0.682. The summed E-state index contributed by atoms with van der Waals surface area (Å²) in [5, 5.41) is 18.1. The van der Waals surface area contributed by atoms with Crippen LogP contribution in [0.3, 0.4) is 0 Å². The number of nitrogens with one attached hydrogen (secondary N) is 2. The van der Waals surface area contributed by atoms with Crippen molar-refractivity contribution >= 4 is 33.1 Å². The zero-order chi connectivity index (χ0) is 15.4. The first kappa shape index (κ1) is 14.4. The van der Waals surface area contributed by atoms with Crippen LogP contribution < -0.4 is 10.6 Å². The van der Waals surface area contributed by atoms with Crippen molar-refractivity contribution in [2.75, 3.05) is 11.9 Å². The van der Waals surface area contributed by atoms with E-state index in [1.165, 1.54) is 0 Å². The minimum atomic E-state index is -0.209. The Labute approximate surface area is 132 Å². The molecule has 1 heterocycles. The highest BCUT2D eigenvalue weighted by atomic mass is 32.1. The molecule has 0 atom stereocenters. The van der Waals surface area contributed by atoms with Gasteiger partial charge < -0.3 is 15.7 Å². The first-order valence-corrected chi connectivity index (χ1v) is 7.89. The number of hydrogen-bond donors (Lipinski definition) is 3. The minimum Gasteiger partial charge on any atom is -0.508 e. The van der Waals surface area contributed by atoms with Crippen LogP contribution in [0.4, 0.5) is 10.5 Å². The van der Waals surface area contributed by atoms with Crippen LogP contribution in [-0.4, -0.2) is 17.7 Å². The SMILES string of the molecule is O=C(NCCc1ccc(O)cc1)Nc1cccc2ccsc12. The van der Waals surface area contributed by atoms with Gasteiger partial charge in [-0.2, -0.15) is 0 Å². The summed E-state index contributed by atoms with van der Waals surface area (Å²) in [4.78, 5) is 12.0. The summed E-state index contributed by atoms with van der Waals surface area (Å²) in [6.07, 6.45) is 0.719. The molecule has 0 saturated heterocycles. The maximum absolute atomic E-state index is 12.0. The number of hydrogen-bond acceptors (Lipinski definition) is 3. The maximum atomic E-state index is 12.0. The number of amides is 2. The van der Waals surface area contributed by atoms with E-state index in [4.69, 9.17) is 0 Å². The predicted octanol–water partition coefficient (Wildman–Crippen LogP) is 3.97. The second-order valence-corrected chi connectivity index (χ2v) is 5.86. The number of rotatable bonds is 4. The van der Waals surface area contributed by atoms with Gasteiger partial charge in [0.05, 0.1) is 10.4 Å². The van der Waals surface area contributed by atoms with Crippen molar-refractivity contribution in [2.45, 2.75) is 6.42 Å². The van der Waals surface area contributed by atoms with E-state index in [-0.39, 0.29) is 11.8 Å². The molecule has 2 amide bonds. The summed E-state index contributed by atoms with van der Waals surface area (Å²) in [6, 6.07) is 14.7. The molecule has 3 N–H and O–H groups in total. The highest BCUT2D eigenvalue weighted by molar-refractivity contribution is 7.17. The van der Waals surface area contributed by atoms with Gasteiger partial charge in [-0.1, -0.05) is 24.3 Å². The standard InChI is InChI=1S/C17H16N2O2S/c20-14-6-4-12(5-7-14)8-10-18-17(21)19-15-3-1-2-13-9-11-22-16(13)15/h1-7,9,11,20H,8,10H2,(H2,18,19,21). The molecule has 0 aliphatic rings. The fourth-order valence-electron chi connectivity index (χ4n) is 2.24. The van der Waals surface area contributed by atoms with Crippen LogP contribution in [-0.2, 0) is 6.42 Å². The van der Waals surface area contributed by atoms with Crippen LogP contribution in [0.15, 0.2) is 53.9 Å². The highest BCUT2D eigenvalue weighted by Gasteiger charge is 2.06. The molecule has 0 unspecified atom stereocenters. The zero-order valence-electron chi connectivity index (χ0n) is 11.9. The van der Waals surface area contributed by atoms with Crippen LogP contribution in [0.2, 0.25) is 0 Å². The van der Waals surface area contributed by atoms with E-state index in [1.807, 2.05) is 41.8 Å². The van der Waals surface area contributed by atoms with E-state index in [9.17, 15) is 9.90 Å². The molecule has 0 bridgehead atoms. The van der Waals surface area contributed by atoms with Crippen LogP contribution in [0.1, 0.15) is 5.56 Å². The molecule has 5 heteroatoms. The molecule has 112 valence electrons. The third kappa shape index (κ3) is 3.38. The summed E-state index contributed by atoms with van der Waals surface area (Å²) in [6.45, 7) is 0.539. The number of anilines is 1. The van der Waals surface area contributed by atoms with Crippen molar-refractivity contribution in [3.05, 3.63) is 59.5 Å². The summed E-state index contributed by atoms with van der Waals surface area (Å²) in [7, 11) is 0. The van der Waals surface area contributed by atoms with Crippen molar-refractivity contribution in [1.29, 1.82) is 0 Å². The number of carbonyl (C=O) groups is 1. The van der Waals surface area contributed by atoms with Crippen molar-refractivity contribution in [2.24, 2.45) is 0 Å². The summed E-state index contributed by atoms with van der Waals surface area (Å²) in [5.74, 6) is 0.249. The molecule has 4 nitrogen and oxygen atoms in total. The topological polar surface area (TPSA) is 61.4 Å². The molecular weight excluding hydrogens is 296 g/mol. The smallest absolute Gasteiger partial charge is 0.319 e. The van der Waals surface area contributed by atoms with Crippen molar-refractivity contribution < 1.29 is 9.90 Å². The van der Waals surface area contributed by atoms with E-state index in [0.29, 0.717) is 6.54 Å². The van der Waals surface area contributed by atoms with Gasteiger partial charge in [0.25, 0.3) is 0 Å². The van der Waals surface area contributed by atoms with E-state index in [1.54, 1.807) is 23.5 Å². The summed E-state index contributed by atoms with van der Waals surface area (Å²) in [5.41, 5.74) is 1.90. The van der Waals surface area contributed by atoms with Gasteiger partial charge in [-0.05, 0) is 47.0 Å². The average Bonchev–Trinajstić information content (AvgIpc) is 2.99. The van der Waals surface area contributed by atoms with Crippen LogP contribution in [0.5, 0.6) is 5.75 Å². The van der Waals surface area contributed by atoms with Gasteiger partial charge in [0.2, 0.25) is 0 Å². The number of phenols is 1. The van der Waals surface area contributed by atoms with Gasteiger partial charge in [0, 0.05) is 6.54 Å². The normalized spacial score (nSPS) is 10.5. The molecule has 1 aromatic heterocycles. The van der Waals surface area contributed by atoms with Gasteiger partial charge >= 0.3 is 6.03 Å². The second-order valence-electron chi connectivity index (χ2n) is 4.94. The van der Waals surface area contributed by atoms with E-state index < -0.39 is 0 Å². The predicted molar refractivity (Wildman–Crippen MR) is 90.7 cm³/mol. The van der Waals surface area contributed by atoms with Crippen molar-refractivity contribution in [3.8, 4) is 5.75 Å². The monoisotopic (exact) mass is 312 g/mol. The number of thiophene rings is 1. The number of phenolic OH excluding ortho intramolecular Hbond substituents is 1. The lowest BCUT2D eigenvalue weighted by atomic mass is 10.1. The lowest BCUT2D eigenvalue weighted by Gasteiger charge is -2.08. The molecule has 0 aliphatic heterocycles. The van der Waals surface area contributed by atoms with Crippen molar-refractivity contribution in [3.63, 3.8) is 0 Å². The molecule has 0 radical (unpaired) electrons. The van der Waals surface area contributed by atoms with Gasteiger partial charge in [-0.15, -0.1) is 11.3 Å². The second kappa shape index (κ2) is 6.49. The number of fused-ring (bicyclic) bond motifs is 1. The lowest BCUT2D eigenvalue weighted by molar-refractivity contribution is 0.252. The van der Waals surface area contributed by atoms with Gasteiger partial charge in [-0.3, -0.25) is 0 Å². The molecule has 22 heavy (non-hydrogen) atoms. The molecule has 0 spiro atoms. The Morgan fingerprint density at radius 1 is 1.09 bits per heavy atom. The molecule has 2 aromatic carbocycles. The molecule has 3 aromatic rings. The molecule has 0 aliphatic carbocycles. The largest absolute Gasteiger partial charge is 0.508 e. The fourth-order valence-corrected chi connectivity index (χ4v) is 3.11. The Kier molecular flexibility index (Phi) is 4.25. The third-order valence-electron chi connectivity index (χ3n) is 3.36.